The van der Waals surface area contributed by atoms with Crippen LogP contribution in [0.25, 0.3) is 0 Å². The normalized spacial score (nSPS) is 11.0. The molecule has 2 aromatic carbocycles. The van der Waals surface area contributed by atoms with Gasteiger partial charge in [-0.3, -0.25) is 4.99 Å². The Morgan fingerprint density at radius 2 is 1.70 bits per heavy atom. The topological polar surface area (TPSA) is 32.6 Å². The number of alkyl halides is 3. The van der Waals surface area contributed by atoms with Crippen molar-refractivity contribution in [3.05, 3.63) is 59.2 Å². The molecule has 0 heterocycles. The standard InChI is InChI=1S/C15H12F3NO.2ClH.V/c1-10-7-12(15(16,17)18)8-11(14(10)20)9-19-13-5-3-2-4-6-13;;;/h2-9,20H,1H3;2*1H;/q;;;+2/p-2. The van der Waals surface area contributed by atoms with Gasteiger partial charge in [-0.25, -0.2) is 0 Å². The van der Waals surface area contributed by atoms with Crippen LogP contribution in [-0.2, 0) is 20.5 Å². The third kappa shape index (κ3) is 6.47. The number of phenols is 1. The molecule has 1 N–H and O–H groups in total. The van der Waals surface area contributed by atoms with E-state index in [1.54, 1.807) is 24.3 Å². The van der Waals surface area contributed by atoms with Gasteiger partial charge in [0.25, 0.3) is 0 Å². The molecule has 0 fully saturated rings. The van der Waals surface area contributed by atoms with Crippen LogP contribution >= 0.6 is 19.7 Å². The molecule has 123 valence electrons. The predicted octanol–water partition coefficient (Wildman–Crippen LogP) is 5.85. The molecule has 8 heteroatoms. The van der Waals surface area contributed by atoms with E-state index < -0.39 is 11.7 Å². The molecule has 0 aliphatic carbocycles. The molecule has 2 rings (SSSR count). The molecule has 0 spiro atoms. The van der Waals surface area contributed by atoms with Crippen LogP contribution in [0.1, 0.15) is 16.7 Å². The van der Waals surface area contributed by atoms with E-state index in [4.69, 9.17) is 19.7 Å². The first kappa shape index (κ1) is 19.9. The summed E-state index contributed by atoms with van der Waals surface area (Å²) in [5.41, 5.74) is -0.000193. The van der Waals surface area contributed by atoms with Gasteiger partial charge in [0, 0.05) is 11.8 Å². The van der Waals surface area contributed by atoms with Crippen molar-refractivity contribution in [1.29, 1.82) is 0 Å². The second-order valence-corrected chi connectivity index (χ2v) is 6.69. The number of halogens is 5. The molecule has 0 aliphatic heterocycles. The van der Waals surface area contributed by atoms with Gasteiger partial charge in [0.2, 0.25) is 0 Å². The van der Waals surface area contributed by atoms with Crippen molar-refractivity contribution in [2.45, 2.75) is 13.1 Å². The summed E-state index contributed by atoms with van der Waals surface area (Å²) in [6.07, 6.45) is -3.22. The molecule has 0 bridgehead atoms. The quantitative estimate of drug-likeness (QED) is 0.630. The van der Waals surface area contributed by atoms with Crippen LogP contribution in [0, 0.1) is 6.92 Å². The Hall–Kier alpha value is -1.14. The number of phenolic OH excluding ortho intramolecular Hbond substituents is 1. The van der Waals surface area contributed by atoms with Crippen molar-refractivity contribution in [3.8, 4) is 5.75 Å². The van der Waals surface area contributed by atoms with Gasteiger partial charge in [0.1, 0.15) is 5.75 Å². The fourth-order valence-electron chi connectivity index (χ4n) is 1.73. The summed E-state index contributed by atoms with van der Waals surface area (Å²) in [4.78, 5) is 4.05. The molecular formula is C15H12Cl2F3NOV. The first-order chi connectivity index (χ1) is 10.8. The van der Waals surface area contributed by atoms with Gasteiger partial charge in [-0.2, -0.15) is 13.2 Å². The average Bonchev–Trinajstić information content (AvgIpc) is 2.49. The summed E-state index contributed by atoms with van der Waals surface area (Å²) in [6, 6.07) is 10.6. The van der Waals surface area contributed by atoms with Crippen LogP contribution in [0.4, 0.5) is 18.9 Å². The Kier molecular flexibility index (Phi) is 7.99. The van der Waals surface area contributed by atoms with E-state index in [0.717, 1.165) is 12.1 Å². The van der Waals surface area contributed by atoms with Gasteiger partial charge in [0.05, 0.1) is 11.3 Å². The van der Waals surface area contributed by atoms with Gasteiger partial charge in [-0.1, -0.05) is 18.2 Å². The summed E-state index contributed by atoms with van der Waals surface area (Å²) in [6.45, 7) is 1.42. The number of aliphatic imine (C=N–C) groups is 1. The maximum atomic E-state index is 12.7. The van der Waals surface area contributed by atoms with Crippen molar-refractivity contribution < 1.29 is 32.7 Å². The minimum absolute atomic E-state index is 0.0428. The Labute approximate surface area is 147 Å². The SMILES string of the molecule is Cc1cc(C(F)(F)F)cc(C=Nc2ccccc2)c1O.[Cl][V][Cl]. The molecule has 0 atom stereocenters. The second-order valence-electron chi connectivity index (χ2n) is 4.39. The molecule has 2 nitrogen and oxygen atoms in total. The molecule has 0 unspecified atom stereocenters. The predicted molar refractivity (Wildman–Crippen MR) is 83.2 cm³/mol. The molecule has 0 amide bonds. The van der Waals surface area contributed by atoms with E-state index in [9.17, 15) is 18.3 Å². The van der Waals surface area contributed by atoms with Gasteiger partial charge < -0.3 is 5.11 Å². The van der Waals surface area contributed by atoms with E-state index in [1.165, 1.54) is 13.1 Å². The van der Waals surface area contributed by atoms with E-state index in [0.29, 0.717) is 5.69 Å². The molecule has 0 aliphatic rings. The molecular weight excluding hydrogens is 389 g/mol. The van der Waals surface area contributed by atoms with Gasteiger partial charge in [0.15, 0.2) is 0 Å². The zero-order valence-corrected chi connectivity index (χ0v) is 14.8. The van der Waals surface area contributed by atoms with Crippen molar-refractivity contribution in [3.63, 3.8) is 0 Å². The Bertz CT molecular complexity index is 664. The summed E-state index contributed by atoms with van der Waals surface area (Å²) in [5, 5.41) is 9.81. The molecule has 0 aromatic heterocycles. The van der Waals surface area contributed by atoms with E-state index >= 15 is 0 Å². The molecule has 23 heavy (non-hydrogen) atoms. The third-order valence-electron chi connectivity index (χ3n) is 2.77. The van der Waals surface area contributed by atoms with Crippen LogP contribution < -0.4 is 0 Å². The average molecular weight is 401 g/mol. The van der Waals surface area contributed by atoms with E-state index in [1.807, 2.05) is 6.07 Å². The summed E-state index contributed by atoms with van der Waals surface area (Å²) in [5.74, 6) is -0.197. The summed E-state index contributed by atoms with van der Waals surface area (Å²) < 4.78 is 38.2. The number of nitrogens with zero attached hydrogens (tertiary/aromatic N) is 1. The van der Waals surface area contributed by atoms with E-state index in [-0.39, 0.29) is 31.2 Å². The molecule has 0 saturated heterocycles. The van der Waals surface area contributed by atoms with Crippen LogP contribution in [-0.4, -0.2) is 11.3 Å². The first-order valence-electron chi connectivity index (χ1n) is 6.21. The van der Waals surface area contributed by atoms with Gasteiger partial charge in [-0.15, -0.1) is 0 Å². The van der Waals surface area contributed by atoms with Crippen LogP contribution in [0.3, 0.4) is 0 Å². The Morgan fingerprint density at radius 3 is 2.22 bits per heavy atom. The van der Waals surface area contributed by atoms with Crippen LogP contribution in [0.2, 0.25) is 0 Å². The van der Waals surface area contributed by atoms with Crippen molar-refractivity contribution in [2.75, 3.05) is 0 Å². The maximum absolute atomic E-state index is 12.7. The fourth-order valence-corrected chi connectivity index (χ4v) is 1.73. The van der Waals surface area contributed by atoms with E-state index in [2.05, 4.69) is 4.99 Å². The number of benzene rings is 2. The number of hydrogen-bond donors (Lipinski definition) is 1. The van der Waals surface area contributed by atoms with Gasteiger partial charge >= 0.3 is 40.2 Å². The number of para-hydroxylation sites is 1. The number of hydrogen-bond acceptors (Lipinski definition) is 2. The summed E-state index contributed by atoms with van der Waals surface area (Å²) in [7, 11) is 9.72. The monoisotopic (exact) mass is 400 g/mol. The van der Waals surface area contributed by atoms with Gasteiger partial charge in [-0.05, 0) is 36.8 Å². The zero-order valence-electron chi connectivity index (χ0n) is 11.9. The number of rotatable bonds is 2. The van der Waals surface area contributed by atoms with Crippen molar-refractivity contribution in [2.24, 2.45) is 4.99 Å². The van der Waals surface area contributed by atoms with Crippen LogP contribution in [0.15, 0.2) is 47.5 Å². The van der Waals surface area contributed by atoms with Crippen molar-refractivity contribution >= 4 is 31.6 Å². The minimum atomic E-state index is -4.45. The molecule has 2 aromatic rings. The number of aryl methyl sites for hydroxylation is 1. The molecule has 0 saturated carbocycles. The zero-order chi connectivity index (χ0) is 17.5. The first-order valence-corrected chi connectivity index (χ1v) is 10.1. The number of aromatic hydroxyl groups is 1. The van der Waals surface area contributed by atoms with Crippen molar-refractivity contribution in [1.82, 2.24) is 0 Å². The second kappa shape index (κ2) is 9.23. The summed E-state index contributed by atoms with van der Waals surface area (Å²) >= 11 is -0.368. The fraction of sp³-hybridized carbons (Fsp3) is 0.133. The molecule has 0 radical (unpaired) electrons. The Balaban J connectivity index is 0.000000816. The Morgan fingerprint density at radius 1 is 1.13 bits per heavy atom. The third-order valence-corrected chi connectivity index (χ3v) is 2.77. The van der Waals surface area contributed by atoms with Crippen LogP contribution in [0.5, 0.6) is 5.75 Å².